The monoisotopic (exact) mass is 344 g/mol. The summed E-state index contributed by atoms with van der Waals surface area (Å²) in [4.78, 5) is 33.4. The van der Waals surface area contributed by atoms with Crippen molar-refractivity contribution in [3.05, 3.63) is 46.4 Å². The fourth-order valence-electron chi connectivity index (χ4n) is 2.80. The van der Waals surface area contributed by atoms with Crippen LogP contribution >= 0.6 is 11.3 Å². The molecule has 1 aromatic heterocycles. The van der Waals surface area contributed by atoms with Crippen LogP contribution in [0.2, 0.25) is 0 Å². The highest BCUT2D eigenvalue weighted by molar-refractivity contribution is 7.11. The van der Waals surface area contributed by atoms with Crippen molar-refractivity contribution in [2.75, 3.05) is 18.5 Å². The molecule has 6 nitrogen and oxygen atoms in total. The molecule has 1 saturated heterocycles. The Labute approximate surface area is 145 Å². The van der Waals surface area contributed by atoms with Crippen molar-refractivity contribution in [1.29, 1.82) is 0 Å². The standard InChI is InChI=1S/C17H20N4O2S/c1-12-18-10-14(24-12)11-19-17(23)20(2)15-8-9-21(16(15)22)13-6-4-3-5-7-13/h3-7,10,15H,8-9,11H2,1-2H3,(H,19,23)/t15-/m1/s1. The zero-order valence-electron chi connectivity index (χ0n) is 13.7. The molecule has 0 radical (unpaired) electrons. The topological polar surface area (TPSA) is 65.5 Å². The number of likely N-dealkylation sites (N-methyl/N-ethyl adjacent to an activating group) is 1. The zero-order valence-corrected chi connectivity index (χ0v) is 14.5. The average molecular weight is 344 g/mol. The number of amides is 3. The molecule has 1 N–H and O–H groups in total. The van der Waals surface area contributed by atoms with E-state index < -0.39 is 6.04 Å². The second-order valence-electron chi connectivity index (χ2n) is 5.75. The molecule has 2 aromatic rings. The molecule has 1 atom stereocenters. The minimum Gasteiger partial charge on any atom is -0.333 e. The summed E-state index contributed by atoms with van der Waals surface area (Å²) in [7, 11) is 1.67. The number of hydrogen-bond donors (Lipinski definition) is 1. The van der Waals surface area contributed by atoms with E-state index in [1.54, 1.807) is 29.5 Å². The molecule has 1 aromatic carbocycles. The van der Waals surface area contributed by atoms with Crippen LogP contribution in [0.1, 0.15) is 16.3 Å². The summed E-state index contributed by atoms with van der Waals surface area (Å²) in [6, 6.07) is 8.89. The van der Waals surface area contributed by atoms with E-state index in [0.29, 0.717) is 19.5 Å². The van der Waals surface area contributed by atoms with Gasteiger partial charge >= 0.3 is 6.03 Å². The van der Waals surface area contributed by atoms with Crippen molar-refractivity contribution in [3.63, 3.8) is 0 Å². The van der Waals surface area contributed by atoms with Crippen LogP contribution in [0.25, 0.3) is 0 Å². The third-order valence-electron chi connectivity index (χ3n) is 4.12. The number of carbonyl (C=O) groups is 2. The number of para-hydroxylation sites is 1. The van der Waals surface area contributed by atoms with Gasteiger partial charge < -0.3 is 15.1 Å². The summed E-state index contributed by atoms with van der Waals surface area (Å²) >= 11 is 1.55. The molecule has 0 unspecified atom stereocenters. The fourth-order valence-corrected chi connectivity index (χ4v) is 3.54. The van der Waals surface area contributed by atoms with Gasteiger partial charge in [0, 0.05) is 30.4 Å². The number of aryl methyl sites for hydroxylation is 1. The van der Waals surface area contributed by atoms with E-state index >= 15 is 0 Å². The largest absolute Gasteiger partial charge is 0.333 e. The summed E-state index contributed by atoms with van der Waals surface area (Å²) in [5.41, 5.74) is 0.874. The molecule has 0 aliphatic carbocycles. The maximum Gasteiger partial charge on any atom is 0.318 e. The molecule has 0 bridgehead atoms. The molecule has 1 aliphatic heterocycles. The summed E-state index contributed by atoms with van der Waals surface area (Å²) in [6.45, 7) is 2.98. The van der Waals surface area contributed by atoms with Crippen molar-refractivity contribution in [1.82, 2.24) is 15.2 Å². The van der Waals surface area contributed by atoms with Crippen molar-refractivity contribution >= 4 is 29.0 Å². The lowest BCUT2D eigenvalue weighted by Gasteiger charge is -2.24. The first-order chi connectivity index (χ1) is 11.6. The smallest absolute Gasteiger partial charge is 0.318 e. The Bertz CT molecular complexity index is 731. The molecule has 0 saturated carbocycles. The van der Waals surface area contributed by atoms with E-state index in [0.717, 1.165) is 15.6 Å². The summed E-state index contributed by atoms with van der Waals surface area (Å²) in [6.07, 6.45) is 2.40. The van der Waals surface area contributed by atoms with Crippen molar-refractivity contribution in [2.45, 2.75) is 25.9 Å². The van der Waals surface area contributed by atoms with E-state index in [4.69, 9.17) is 0 Å². The molecule has 24 heavy (non-hydrogen) atoms. The number of rotatable bonds is 4. The van der Waals surface area contributed by atoms with E-state index in [1.807, 2.05) is 37.3 Å². The average Bonchev–Trinajstić information content (AvgIpc) is 3.18. The SMILES string of the molecule is Cc1ncc(CNC(=O)N(C)[C@@H]2CCN(c3ccccc3)C2=O)s1. The van der Waals surface area contributed by atoms with Crippen LogP contribution in [0.5, 0.6) is 0 Å². The van der Waals surface area contributed by atoms with Gasteiger partial charge in [-0.25, -0.2) is 9.78 Å². The Morgan fingerprint density at radius 2 is 2.17 bits per heavy atom. The molecule has 1 aliphatic rings. The first kappa shape index (κ1) is 16.4. The number of aromatic nitrogens is 1. The van der Waals surface area contributed by atoms with Crippen LogP contribution in [0.4, 0.5) is 10.5 Å². The van der Waals surface area contributed by atoms with E-state index in [-0.39, 0.29) is 11.9 Å². The Balaban J connectivity index is 1.59. The van der Waals surface area contributed by atoms with E-state index in [9.17, 15) is 9.59 Å². The highest BCUT2D eigenvalue weighted by Crippen LogP contribution is 2.23. The Kier molecular flexibility index (Phi) is 4.80. The molecular formula is C17H20N4O2S. The van der Waals surface area contributed by atoms with Gasteiger partial charge in [0.1, 0.15) is 6.04 Å². The van der Waals surface area contributed by atoms with E-state index in [2.05, 4.69) is 10.3 Å². The number of anilines is 1. The number of benzene rings is 1. The van der Waals surface area contributed by atoms with Crippen LogP contribution in [0.15, 0.2) is 36.5 Å². The summed E-state index contributed by atoms with van der Waals surface area (Å²) in [5.74, 6) is -0.0347. The van der Waals surface area contributed by atoms with Gasteiger partial charge in [-0.1, -0.05) is 18.2 Å². The van der Waals surface area contributed by atoms with Gasteiger partial charge in [0.25, 0.3) is 0 Å². The Morgan fingerprint density at radius 3 is 2.83 bits per heavy atom. The van der Waals surface area contributed by atoms with Gasteiger partial charge in [0.2, 0.25) is 5.91 Å². The van der Waals surface area contributed by atoms with Gasteiger partial charge in [-0.2, -0.15) is 0 Å². The highest BCUT2D eigenvalue weighted by Gasteiger charge is 2.37. The molecule has 3 rings (SSSR count). The lowest BCUT2D eigenvalue weighted by Crippen LogP contribution is -2.47. The lowest BCUT2D eigenvalue weighted by molar-refractivity contribution is -0.120. The Hall–Kier alpha value is -2.41. The third kappa shape index (κ3) is 3.41. The minimum absolute atomic E-state index is 0.0347. The molecule has 1 fully saturated rings. The van der Waals surface area contributed by atoms with Crippen LogP contribution in [0, 0.1) is 6.92 Å². The van der Waals surface area contributed by atoms with Crippen molar-refractivity contribution in [2.24, 2.45) is 0 Å². The second kappa shape index (κ2) is 7.00. The van der Waals surface area contributed by atoms with Crippen LogP contribution < -0.4 is 10.2 Å². The second-order valence-corrected chi connectivity index (χ2v) is 7.06. The number of carbonyl (C=O) groups excluding carboxylic acids is 2. The van der Waals surface area contributed by atoms with Gasteiger partial charge in [-0.15, -0.1) is 11.3 Å². The van der Waals surface area contributed by atoms with E-state index in [1.165, 1.54) is 4.90 Å². The van der Waals surface area contributed by atoms with Crippen LogP contribution in [-0.2, 0) is 11.3 Å². The van der Waals surface area contributed by atoms with Crippen LogP contribution in [-0.4, -0.2) is 41.5 Å². The molecule has 3 amide bonds. The molecule has 2 heterocycles. The predicted molar refractivity (Wildman–Crippen MR) is 94.0 cm³/mol. The van der Waals surface area contributed by atoms with Gasteiger partial charge in [-0.3, -0.25) is 4.79 Å². The van der Waals surface area contributed by atoms with Crippen molar-refractivity contribution < 1.29 is 9.59 Å². The van der Waals surface area contributed by atoms with Gasteiger partial charge in [-0.05, 0) is 25.5 Å². The molecule has 126 valence electrons. The first-order valence-corrected chi connectivity index (χ1v) is 8.66. The fraction of sp³-hybridized carbons (Fsp3) is 0.353. The minimum atomic E-state index is -0.423. The number of urea groups is 1. The number of nitrogens with zero attached hydrogens (tertiary/aromatic N) is 3. The molecular weight excluding hydrogens is 324 g/mol. The number of hydrogen-bond acceptors (Lipinski definition) is 4. The van der Waals surface area contributed by atoms with Gasteiger partial charge in [0.05, 0.1) is 11.6 Å². The van der Waals surface area contributed by atoms with Crippen molar-refractivity contribution in [3.8, 4) is 0 Å². The highest BCUT2D eigenvalue weighted by atomic mass is 32.1. The Morgan fingerprint density at radius 1 is 1.42 bits per heavy atom. The predicted octanol–water partition coefficient (Wildman–Crippen LogP) is 2.40. The number of nitrogens with one attached hydrogen (secondary N) is 1. The maximum atomic E-state index is 12.6. The van der Waals surface area contributed by atoms with Crippen LogP contribution in [0.3, 0.4) is 0 Å². The third-order valence-corrected chi connectivity index (χ3v) is 5.03. The quantitative estimate of drug-likeness (QED) is 0.926. The molecule has 7 heteroatoms. The summed E-state index contributed by atoms with van der Waals surface area (Å²) < 4.78 is 0. The molecule has 0 spiro atoms. The first-order valence-electron chi connectivity index (χ1n) is 7.84. The maximum absolute atomic E-state index is 12.6. The van der Waals surface area contributed by atoms with Gasteiger partial charge in [0.15, 0.2) is 0 Å². The summed E-state index contributed by atoms with van der Waals surface area (Å²) in [5, 5.41) is 3.82. The number of thiazole rings is 1. The normalized spacial score (nSPS) is 17.2. The zero-order chi connectivity index (χ0) is 17.1. The lowest BCUT2D eigenvalue weighted by atomic mass is 10.2.